The summed E-state index contributed by atoms with van der Waals surface area (Å²) in [6.07, 6.45) is 0. The predicted octanol–water partition coefficient (Wildman–Crippen LogP) is 1.97. The number of allylic oxidation sites excluding steroid dienone is 1. The van der Waals surface area contributed by atoms with E-state index >= 15 is 0 Å². The Hall–Kier alpha value is -1.28. The first-order valence-electron chi connectivity index (χ1n) is 3.37. The van der Waals surface area contributed by atoms with Gasteiger partial charge < -0.3 is 4.84 Å². The lowest BCUT2D eigenvalue weighted by molar-refractivity contribution is 0.333. The van der Waals surface area contributed by atoms with Gasteiger partial charge >= 0.3 is 0 Å². The molecule has 0 fully saturated rings. The van der Waals surface area contributed by atoms with Gasteiger partial charge in [-0.2, -0.15) is 5.90 Å². The molecule has 0 saturated heterocycles. The van der Waals surface area contributed by atoms with E-state index in [9.17, 15) is 0 Å². The van der Waals surface area contributed by atoms with Crippen LogP contribution < -0.4 is 10.7 Å². The Morgan fingerprint density at radius 2 is 2.09 bits per heavy atom. The van der Waals surface area contributed by atoms with Crippen LogP contribution in [0.3, 0.4) is 0 Å². The molecule has 0 amide bonds. The van der Waals surface area contributed by atoms with Crippen LogP contribution in [0.25, 0.3) is 5.57 Å². The minimum absolute atomic E-state index is 0.667. The third-order valence-electron chi connectivity index (χ3n) is 1.47. The molecule has 0 aliphatic heterocycles. The Balaban J connectivity index is 3.12. The second-order valence-electron chi connectivity index (χ2n) is 2.39. The van der Waals surface area contributed by atoms with Crippen molar-refractivity contribution in [3.8, 4) is 5.75 Å². The van der Waals surface area contributed by atoms with Gasteiger partial charge in [-0.1, -0.05) is 24.8 Å². The molecule has 0 bridgehead atoms. The van der Waals surface area contributed by atoms with Crippen molar-refractivity contribution in [3.05, 3.63) is 36.4 Å². The Bertz CT molecular complexity index is 268. The first kappa shape index (κ1) is 7.82. The Morgan fingerprint density at radius 1 is 1.45 bits per heavy atom. The lowest BCUT2D eigenvalue weighted by Crippen LogP contribution is -2.03. The fourth-order valence-electron chi connectivity index (χ4n) is 0.922. The maximum atomic E-state index is 5.05. The van der Waals surface area contributed by atoms with E-state index in [4.69, 9.17) is 5.90 Å². The number of benzene rings is 1. The zero-order valence-electron chi connectivity index (χ0n) is 6.50. The van der Waals surface area contributed by atoms with Gasteiger partial charge in [-0.15, -0.1) is 0 Å². The highest BCUT2D eigenvalue weighted by Gasteiger charge is 2.00. The maximum Gasteiger partial charge on any atom is 0.154 e. The second kappa shape index (κ2) is 3.21. The van der Waals surface area contributed by atoms with Crippen LogP contribution in [0.2, 0.25) is 0 Å². The lowest BCUT2D eigenvalue weighted by atomic mass is 10.1. The van der Waals surface area contributed by atoms with Crippen LogP contribution in [0.15, 0.2) is 30.8 Å². The highest BCUT2D eigenvalue weighted by Crippen LogP contribution is 2.22. The summed E-state index contributed by atoms with van der Waals surface area (Å²) in [4.78, 5) is 4.65. The van der Waals surface area contributed by atoms with Crippen molar-refractivity contribution in [1.29, 1.82) is 0 Å². The van der Waals surface area contributed by atoms with Gasteiger partial charge in [0.2, 0.25) is 0 Å². The summed E-state index contributed by atoms with van der Waals surface area (Å²) < 4.78 is 0. The number of nitrogens with two attached hydrogens (primary N) is 1. The fourth-order valence-corrected chi connectivity index (χ4v) is 0.922. The number of hydrogen-bond donors (Lipinski definition) is 1. The van der Waals surface area contributed by atoms with E-state index < -0.39 is 0 Å². The molecule has 2 N–H and O–H groups in total. The smallest absolute Gasteiger partial charge is 0.154 e. The molecule has 1 aromatic rings. The first-order valence-corrected chi connectivity index (χ1v) is 3.37. The Labute approximate surface area is 66.2 Å². The molecule has 0 aromatic heterocycles. The quantitative estimate of drug-likeness (QED) is 0.652. The van der Waals surface area contributed by atoms with Crippen molar-refractivity contribution in [1.82, 2.24) is 0 Å². The molecular formula is C9H11NO. The van der Waals surface area contributed by atoms with Crippen molar-refractivity contribution < 1.29 is 4.84 Å². The zero-order valence-corrected chi connectivity index (χ0v) is 6.50. The van der Waals surface area contributed by atoms with Crippen molar-refractivity contribution >= 4 is 5.57 Å². The molecule has 0 heterocycles. The molecule has 0 radical (unpaired) electrons. The van der Waals surface area contributed by atoms with Gasteiger partial charge in [0.1, 0.15) is 0 Å². The normalized spacial score (nSPS) is 9.27. The molecule has 0 saturated carbocycles. The van der Waals surface area contributed by atoms with Crippen LogP contribution in [0.4, 0.5) is 0 Å². The Kier molecular flexibility index (Phi) is 2.28. The van der Waals surface area contributed by atoms with Gasteiger partial charge in [0.05, 0.1) is 0 Å². The molecule has 0 unspecified atom stereocenters. The van der Waals surface area contributed by atoms with Crippen LogP contribution in [0, 0.1) is 0 Å². The summed E-state index contributed by atoms with van der Waals surface area (Å²) in [6, 6.07) is 7.52. The molecule has 0 spiro atoms. The van der Waals surface area contributed by atoms with Crippen molar-refractivity contribution in [2.45, 2.75) is 6.92 Å². The molecule has 1 rings (SSSR count). The van der Waals surface area contributed by atoms with E-state index in [2.05, 4.69) is 11.4 Å². The molecule has 0 atom stereocenters. The monoisotopic (exact) mass is 149 g/mol. The summed E-state index contributed by atoms with van der Waals surface area (Å²) in [5, 5.41) is 0. The summed E-state index contributed by atoms with van der Waals surface area (Å²) in [5.41, 5.74) is 1.90. The molecule has 2 nitrogen and oxygen atoms in total. The van der Waals surface area contributed by atoms with Crippen LogP contribution >= 0.6 is 0 Å². The van der Waals surface area contributed by atoms with Gasteiger partial charge in [-0.05, 0) is 18.6 Å². The average molecular weight is 149 g/mol. The molecular weight excluding hydrogens is 138 g/mol. The third-order valence-corrected chi connectivity index (χ3v) is 1.47. The van der Waals surface area contributed by atoms with Crippen molar-refractivity contribution in [3.63, 3.8) is 0 Å². The maximum absolute atomic E-state index is 5.05. The average Bonchev–Trinajstić information content (AvgIpc) is 2.04. The number of para-hydroxylation sites is 1. The van der Waals surface area contributed by atoms with Crippen LogP contribution in [0.1, 0.15) is 12.5 Å². The van der Waals surface area contributed by atoms with Gasteiger partial charge in [0.25, 0.3) is 0 Å². The highest BCUT2D eigenvalue weighted by atomic mass is 16.6. The summed E-state index contributed by atoms with van der Waals surface area (Å²) in [7, 11) is 0. The lowest BCUT2D eigenvalue weighted by Gasteiger charge is -2.05. The Morgan fingerprint density at radius 3 is 2.55 bits per heavy atom. The van der Waals surface area contributed by atoms with E-state index in [-0.39, 0.29) is 0 Å². The standard InChI is InChI=1S/C9H11NO/c1-7(2)8-5-3-4-6-9(8)11-10/h3-6H,1,10H2,2H3. The molecule has 11 heavy (non-hydrogen) atoms. The zero-order chi connectivity index (χ0) is 8.27. The summed E-state index contributed by atoms with van der Waals surface area (Å²) in [6.45, 7) is 5.71. The SMILES string of the molecule is C=C(C)c1ccccc1ON. The first-order chi connectivity index (χ1) is 5.25. The minimum Gasteiger partial charge on any atom is -0.411 e. The molecule has 2 heteroatoms. The van der Waals surface area contributed by atoms with Crippen LogP contribution in [-0.4, -0.2) is 0 Å². The summed E-state index contributed by atoms with van der Waals surface area (Å²) in [5.74, 6) is 5.71. The minimum atomic E-state index is 0.667. The highest BCUT2D eigenvalue weighted by molar-refractivity contribution is 5.66. The van der Waals surface area contributed by atoms with E-state index in [0.717, 1.165) is 11.1 Å². The molecule has 58 valence electrons. The van der Waals surface area contributed by atoms with Gasteiger partial charge in [-0.3, -0.25) is 0 Å². The van der Waals surface area contributed by atoms with Crippen LogP contribution in [0.5, 0.6) is 5.75 Å². The van der Waals surface area contributed by atoms with Crippen LogP contribution in [-0.2, 0) is 0 Å². The van der Waals surface area contributed by atoms with E-state index in [1.165, 1.54) is 0 Å². The van der Waals surface area contributed by atoms with Crippen molar-refractivity contribution in [2.24, 2.45) is 5.90 Å². The predicted molar refractivity (Wildman–Crippen MR) is 46.0 cm³/mol. The van der Waals surface area contributed by atoms with Gasteiger partial charge in [0.15, 0.2) is 5.75 Å². The topological polar surface area (TPSA) is 35.2 Å². The van der Waals surface area contributed by atoms with E-state index in [1.54, 1.807) is 0 Å². The van der Waals surface area contributed by atoms with Crippen molar-refractivity contribution in [2.75, 3.05) is 0 Å². The third kappa shape index (κ3) is 1.59. The molecule has 0 aliphatic rings. The van der Waals surface area contributed by atoms with Gasteiger partial charge in [0, 0.05) is 5.56 Å². The van der Waals surface area contributed by atoms with E-state index in [0.29, 0.717) is 5.75 Å². The number of hydrogen-bond acceptors (Lipinski definition) is 2. The summed E-state index contributed by atoms with van der Waals surface area (Å²) >= 11 is 0. The van der Waals surface area contributed by atoms with E-state index in [1.807, 2.05) is 31.2 Å². The fraction of sp³-hybridized carbons (Fsp3) is 0.111. The molecule has 1 aromatic carbocycles. The number of rotatable bonds is 2. The largest absolute Gasteiger partial charge is 0.411 e. The van der Waals surface area contributed by atoms with Gasteiger partial charge in [-0.25, -0.2) is 0 Å². The molecule has 0 aliphatic carbocycles. The second-order valence-corrected chi connectivity index (χ2v) is 2.39.